The molecule has 3 aliphatic rings. The predicted octanol–water partition coefficient (Wildman–Crippen LogP) is 9.28. The summed E-state index contributed by atoms with van der Waals surface area (Å²) in [6.07, 6.45) is 4.75. The lowest BCUT2D eigenvalue weighted by molar-refractivity contribution is -0.0713. The molecule has 55 heavy (non-hydrogen) atoms. The number of carbonyl (C=O) groups is 1. The number of likely N-dealkylation sites (N-methyl/N-ethyl adjacent to an activating group) is 1. The fourth-order valence-electron chi connectivity index (χ4n) is 8.24. The van der Waals surface area contributed by atoms with Crippen molar-refractivity contribution >= 4 is 57.7 Å². The van der Waals surface area contributed by atoms with Gasteiger partial charge in [-0.1, -0.05) is 20.8 Å². The maximum atomic E-state index is 17.2. The molecule has 15 heteroatoms. The Morgan fingerprint density at radius 3 is 2.49 bits per heavy atom. The number of nitrogens with zero attached hydrogens (tertiary/aromatic N) is 6. The Morgan fingerprint density at radius 1 is 1.15 bits per heavy atom. The molecule has 1 aromatic carbocycles. The number of hydrogen-bond donors (Lipinski definition) is 1. The number of ether oxygens (including phenoxy) is 2. The molecule has 0 spiro atoms. The highest BCUT2D eigenvalue weighted by Crippen LogP contribution is 2.48. The topological polar surface area (TPSA) is 126 Å². The summed E-state index contributed by atoms with van der Waals surface area (Å²) in [4.78, 5) is 31.3. The first-order valence-electron chi connectivity index (χ1n) is 18.9. The van der Waals surface area contributed by atoms with Crippen LogP contribution in [0.15, 0.2) is 12.4 Å². The van der Waals surface area contributed by atoms with Crippen LogP contribution in [0, 0.1) is 23.0 Å². The van der Waals surface area contributed by atoms with Gasteiger partial charge in [-0.25, -0.2) is 23.5 Å². The van der Waals surface area contributed by atoms with Gasteiger partial charge in [-0.3, -0.25) is 15.2 Å². The average molecular weight is 792 g/mol. The monoisotopic (exact) mass is 791 g/mol. The first-order valence-corrected chi connectivity index (χ1v) is 22.6. The molecule has 294 valence electrons. The number of nitrogens with one attached hydrogen (secondary N) is 1. The number of thiophene rings is 1. The highest BCUT2D eigenvalue weighted by molar-refractivity contribution is 7.23. The van der Waals surface area contributed by atoms with Crippen LogP contribution in [0.3, 0.4) is 0 Å². The van der Waals surface area contributed by atoms with Gasteiger partial charge in [0.05, 0.1) is 41.0 Å². The number of carbonyl (C=O) groups excluding carboxylic acids is 1. The third-order valence-electron chi connectivity index (χ3n) is 12.0. The van der Waals surface area contributed by atoms with Crippen LogP contribution in [0.2, 0.25) is 18.1 Å². The second kappa shape index (κ2) is 13.7. The molecule has 3 aromatic heterocycles. The van der Waals surface area contributed by atoms with Crippen LogP contribution in [0.5, 0.6) is 0 Å². The summed E-state index contributed by atoms with van der Waals surface area (Å²) in [6.45, 7) is 22.0. The standard InChI is InChI=1S/C40H51F2N7O4SSi/c1-21-28(48(9)22-14-40(8,15-22)53-55(10,11)39(5,6)7)12-13-49(21)36-45-17-24-25-19-51-20-26(25)29(31(42)32(24)46-36)33-30-23(16-43)35(47-37(50)52-38(2,3)4)54-34(30)27(41)18-44-33/h17-18,21-22,28H,12-15,19-20H2,1-11H3,(H,47,50)/t21-,22?,28-,40?/m0/s1. The first-order chi connectivity index (χ1) is 25.6. The first kappa shape index (κ1) is 39.4. The zero-order valence-corrected chi connectivity index (χ0v) is 35.4. The Morgan fingerprint density at radius 2 is 1.84 bits per heavy atom. The van der Waals surface area contributed by atoms with Crippen molar-refractivity contribution in [2.45, 2.75) is 135 Å². The van der Waals surface area contributed by atoms with E-state index >= 15 is 8.78 Å². The van der Waals surface area contributed by atoms with Crippen molar-refractivity contribution in [3.63, 3.8) is 0 Å². The fourth-order valence-corrected chi connectivity index (χ4v) is 11.0. The van der Waals surface area contributed by atoms with Gasteiger partial charge in [0.15, 0.2) is 20.0 Å². The molecular formula is C40H51F2N7O4SSi. The van der Waals surface area contributed by atoms with Crippen molar-refractivity contribution in [3.8, 4) is 17.3 Å². The Bertz CT molecular complexity index is 2240. The number of halogens is 2. The maximum Gasteiger partial charge on any atom is 0.412 e. The van der Waals surface area contributed by atoms with Gasteiger partial charge in [0.1, 0.15) is 22.2 Å². The van der Waals surface area contributed by atoms with E-state index in [0.717, 1.165) is 42.4 Å². The van der Waals surface area contributed by atoms with Crippen LogP contribution in [0.25, 0.3) is 32.2 Å². The van der Waals surface area contributed by atoms with Gasteiger partial charge in [0.2, 0.25) is 5.95 Å². The molecule has 5 heterocycles. The highest BCUT2D eigenvalue weighted by Gasteiger charge is 2.51. The number of benzene rings is 1. The molecule has 2 atom stereocenters. The fraction of sp³-hybridized carbons (Fsp3) is 0.575. The number of nitriles is 1. The molecule has 2 fully saturated rings. The van der Waals surface area contributed by atoms with Crippen molar-refractivity contribution in [1.29, 1.82) is 5.26 Å². The van der Waals surface area contributed by atoms with Crippen LogP contribution in [-0.2, 0) is 27.1 Å². The molecule has 1 aliphatic carbocycles. The summed E-state index contributed by atoms with van der Waals surface area (Å²) in [5.74, 6) is -0.932. The minimum absolute atomic E-state index is 0.0391. The zero-order chi connectivity index (χ0) is 40.0. The number of pyridine rings is 1. The molecule has 1 amide bonds. The zero-order valence-electron chi connectivity index (χ0n) is 33.6. The van der Waals surface area contributed by atoms with E-state index in [0.29, 0.717) is 29.5 Å². The molecule has 11 nitrogen and oxygen atoms in total. The lowest BCUT2D eigenvalue weighted by Gasteiger charge is -2.55. The lowest BCUT2D eigenvalue weighted by Crippen LogP contribution is -2.61. The van der Waals surface area contributed by atoms with Gasteiger partial charge >= 0.3 is 6.09 Å². The maximum absolute atomic E-state index is 17.2. The SMILES string of the molecule is C[C@H]1[C@@H](N(C)C2CC(C)(O[Si](C)(C)C(C)(C)C)C2)CCN1c1ncc2c3c(c(-c4ncc(F)c5sc(NC(=O)OC(C)(C)C)c(C#N)c45)c(F)c2n1)COC3. The van der Waals surface area contributed by atoms with Crippen LogP contribution in [0.4, 0.5) is 24.5 Å². The highest BCUT2D eigenvalue weighted by atomic mass is 32.1. The summed E-state index contributed by atoms with van der Waals surface area (Å²) in [5, 5.41) is 13.7. The largest absolute Gasteiger partial charge is 0.444 e. The number of rotatable bonds is 7. The number of fused-ring (bicyclic) bond motifs is 4. The van der Waals surface area contributed by atoms with Crippen molar-refractivity contribution in [1.82, 2.24) is 19.9 Å². The minimum atomic E-state index is -1.90. The quantitative estimate of drug-likeness (QED) is 0.181. The summed E-state index contributed by atoms with van der Waals surface area (Å²) in [5.41, 5.74) is 0.564. The molecule has 1 saturated heterocycles. The number of anilines is 2. The smallest absolute Gasteiger partial charge is 0.412 e. The molecule has 4 aromatic rings. The average Bonchev–Trinajstić information content (AvgIpc) is 3.80. The number of amides is 1. The van der Waals surface area contributed by atoms with E-state index in [9.17, 15) is 10.1 Å². The number of aromatic nitrogens is 3. The lowest BCUT2D eigenvalue weighted by atomic mass is 9.76. The molecule has 0 unspecified atom stereocenters. The van der Waals surface area contributed by atoms with Crippen LogP contribution < -0.4 is 10.2 Å². The molecule has 7 rings (SSSR count). The molecule has 1 N–H and O–H groups in total. The van der Waals surface area contributed by atoms with Gasteiger partial charge in [-0.05, 0) is 90.2 Å². The Balaban J connectivity index is 1.21. The Kier molecular flexibility index (Phi) is 9.81. The normalized spacial score (nSPS) is 23.0. The van der Waals surface area contributed by atoms with E-state index < -0.39 is 31.6 Å². The third-order valence-corrected chi connectivity index (χ3v) is 17.8. The van der Waals surface area contributed by atoms with Gasteiger partial charge in [-0.15, -0.1) is 11.3 Å². The summed E-state index contributed by atoms with van der Waals surface area (Å²) in [6, 6.07) is 2.80. The van der Waals surface area contributed by atoms with E-state index in [4.69, 9.17) is 23.9 Å². The van der Waals surface area contributed by atoms with Crippen molar-refractivity contribution < 1.29 is 27.5 Å². The van der Waals surface area contributed by atoms with Crippen molar-refractivity contribution in [3.05, 3.63) is 40.7 Å². The van der Waals surface area contributed by atoms with Crippen molar-refractivity contribution in [2.24, 2.45) is 0 Å². The molecule has 0 bridgehead atoms. The van der Waals surface area contributed by atoms with E-state index in [-0.39, 0.29) is 73.4 Å². The van der Waals surface area contributed by atoms with E-state index in [1.165, 1.54) is 0 Å². The summed E-state index contributed by atoms with van der Waals surface area (Å²) in [7, 11) is 0.294. The van der Waals surface area contributed by atoms with Crippen molar-refractivity contribution in [2.75, 3.05) is 23.8 Å². The van der Waals surface area contributed by atoms with E-state index in [1.807, 2.05) is 0 Å². The number of hydrogen-bond acceptors (Lipinski definition) is 11. The summed E-state index contributed by atoms with van der Waals surface area (Å²) >= 11 is 0.869. The third kappa shape index (κ3) is 6.98. The van der Waals surface area contributed by atoms with Crippen LogP contribution >= 0.6 is 11.3 Å². The van der Waals surface area contributed by atoms with Crippen LogP contribution in [0.1, 0.15) is 91.3 Å². The second-order valence-electron chi connectivity index (χ2n) is 18.1. The van der Waals surface area contributed by atoms with Gasteiger partial charge in [0.25, 0.3) is 0 Å². The predicted molar refractivity (Wildman–Crippen MR) is 214 cm³/mol. The van der Waals surface area contributed by atoms with E-state index in [1.54, 1.807) is 27.0 Å². The second-order valence-corrected chi connectivity index (χ2v) is 23.9. The van der Waals surface area contributed by atoms with Crippen LogP contribution in [-0.4, -0.2) is 77.2 Å². The van der Waals surface area contributed by atoms with Gasteiger partial charge in [-0.2, -0.15) is 5.26 Å². The van der Waals surface area contributed by atoms with Gasteiger partial charge < -0.3 is 18.8 Å². The Hall–Kier alpha value is -3.81. The summed E-state index contributed by atoms with van der Waals surface area (Å²) < 4.78 is 50.7. The van der Waals surface area contributed by atoms with E-state index in [2.05, 4.69) is 80.9 Å². The molecule has 2 aliphatic heterocycles. The molecular weight excluding hydrogens is 741 g/mol. The minimum Gasteiger partial charge on any atom is -0.444 e. The molecule has 0 radical (unpaired) electrons. The van der Waals surface area contributed by atoms with Gasteiger partial charge in [0, 0.05) is 47.2 Å². The molecule has 1 saturated carbocycles. The Labute approximate surface area is 326 Å².